The van der Waals surface area contributed by atoms with Gasteiger partial charge in [-0.2, -0.15) is 0 Å². The van der Waals surface area contributed by atoms with Crippen molar-refractivity contribution in [3.63, 3.8) is 0 Å². The van der Waals surface area contributed by atoms with Crippen LogP contribution in [0.25, 0.3) is 0 Å². The van der Waals surface area contributed by atoms with Gasteiger partial charge < -0.3 is 5.73 Å². The van der Waals surface area contributed by atoms with E-state index in [1.54, 1.807) is 11.8 Å². The summed E-state index contributed by atoms with van der Waals surface area (Å²) in [5.41, 5.74) is 5.51. The summed E-state index contributed by atoms with van der Waals surface area (Å²) >= 11 is 1.62. The average molecular weight is 185 g/mol. The number of hydrogen-bond acceptors (Lipinski definition) is 3. The van der Waals surface area contributed by atoms with Crippen LogP contribution in [0, 0.1) is 5.92 Å². The van der Waals surface area contributed by atoms with Gasteiger partial charge in [-0.25, -0.2) is 4.99 Å². The quantitative estimate of drug-likeness (QED) is 0.724. The number of amidine groups is 2. The standard InChI is InChI=1S/C8H15N3S/c1-3-6(2)4-10-8-11-7(9)5-12-8/h6H,3-5H2,1-2H3,(H2,9,10,11). The van der Waals surface area contributed by atoms with Gasteiger partial charge in [-0.1, -0.05) is 32.0 Å². The minimum Gasteiger partial charge on any atom is -0.386 e. The van der Waals surface area contributed by atoms with E-state index in [-0.39, 0.29) is 0 Å². The lowest BCUT2D eigenvalue weighted by Gasteiger charge is -2.02. The Morgan fingerprint density at radius 1 is 1.75 bits per heavy atom. The normalized spacial score (nSPS) is 22.8. The summed E-state index contributed by atoms with van der Waals surface area (Å²) in [6.45, 7) is 5.23. The number of rotatable bonds is 3. The van der Waals surface area contributed by atoms with Crippen molar-refractivity contribution in [2.75, 3.05) is 12.3 Å². The van der Waals surface area contributed by atoms with E-state index in [1.807, 2.05) is 0 Å². The van der Waals surface area contributed by atoms with Gasteiger partial charge in [0.15, 0.2) is 5.17 Å². The van der Waals surface area contributed by atoms with Gasteiger partial charge in [0.1, 0.15) is 5.84 Å². The van der Waals surface area contributed by atoms with Gasteiger partial charge in [0.05, 0.1) is 5.75 Å². The molecular weight excluding hydrogens is 170 g/mol. The van der Waals surface area contributed by atoms with E-state index in [0.29, 0.717) is 11.8 Å². The second kappa shape index (κ2) is 4.50. The molecule has 1 unspecified atom stereocenters. The Labute approximate surface area is 77.5 Å². The summed E-state index contributed by atoms with van der Waals surface area (Å²) in [7, 11) is 0. The molecular formula is C8H15N3S. The maximum Gasteiger partial charge on any atom is 0.185 e. The molecule has 0 aromatic carbocycles. The van der Waals surface area contributed by atoms with E-state index in [1.165, 1.54) is 6.42 Å². The lowest BCUT2D eigenvalue weighted by atomic mass is 10.1. The van der Waals surface area contributed by atoms with E-state index in [0.717, 1.165) is 17.5 Å². The molecule has 4 heteroatoms. The molecule has 0 aromatic heterocycles. The third-order valence-corrected chi connectivity index (χ3v) is 2.74. The summed E-state index contributed by atoms with van der Waals surface area (Å²) < 4.78 is 0. The van der Waals surface area contributed by atoms with Gasteiger partial charge >= 0.3 is 0 Å². The molecule has 0 bridgehead atoms. The van der Waals surface area contributed by atoms with Crippen molar-refractivity contribution in [1.29, 1.82) is 0 Å². The first-order valence-corrected chi connectivity index (χ1v) is 5.21. The average Bonchev–Trinajstić information content (AvgIpc) is 2.47. The van der Waals surface area contributed by atoms with Gasteiger partial charge in [0, 0.05) is 6.54 Å². The molecule has 3 nitrogen and oxygen atoms in total. The Morgan fingerprint density at radius 2 is 2.50 bits per heavy atom. The molecule has 0 saturated heterocycles. The van der Waals surface area contributed by atoms with Crippen molar-refractivity contribution in [2.24, 2.45) is 21.6 Å². The lowest BCUT2D eigenvalue weighted by molar-refractivity contribution is 0.577. The molecule has 68 valence electrons. The number of thioether (sulfide) groups is 1. The molecule has 1 atom stereocenters. The topological polar surface area (TPSA) is 50.7 Å². The maximum absolute atomic E-state index is 5.51. The van der Waals surface area contributed by atoms with Crippen molar-refractivity contribution in [2.45, 2.75) is 20.3 Å². The Bertz CT molecular complexity index is 210. The zero-order chi connectivity index (χ0) is 8.97. The molecule has 1 aliphatic rings. The van der Waals surface area contributed by atoms with Crippen LogP contribution in [0.15, 0.2) is 9.98 Å². The summed E-state index contributed by atoms with van der Waals surface area (Å²) in [5, 5.41) is 0.854. The number of aliphatic imine (C=N–C) groups is 2. The van der Waals surface area contributed by atoms with Crippen molar-refractivity contribution in [3.05, 3.63) is 0 Å². The molecule has 0 amide bonds. The molecule has 12 heavy (non-hydrogen) atoms. The minimum atomic E-state index is 0.648. The highest BCUT2D eigenvalue weighted by molar-refractivity contribution is 8.14. The van der Waals surface area contributed by atoms with E-state index >= 15 is 0 Å². The fourth-order valence-corrected chi connectivity index (χ4v) is 1.46. The minimum absolute atomic E-state index is 0.648. The number of hydrogen-bond donors (Lipinski definition) is 1. The van der Waals surface area contributed by atoms with Crippen molar-refractivity contribution in [1.82, 2.24) is 0 Å². The predicted molar refractivity (Wildman–Crippen MR) is 55.8 cm³/mol. The summed E-state index contributed by atoms with van der Waals surface area (Å²) in [6.07, 6.45) is 1.17. The molecule has 0 fully saturated rings. The van der Waals surface area contributed by atoms with Crippen LogP contribution in [0.5, 0.6) is 0 Å². The molecule has 0 aliphatic carbocycles. The predicted octanol–water partition coefficient (Wildman–Crippen LogP) is 1.49. The lowest BCUT2D eigenvalue weighted by Crippen LogP contribution is -2.09. The van der Waals surface area contributed by atoms with Crippen LogP contribution in [0.4, 0.5) is 0 Å². The molecule has 1 heterocycles. The van der Waals surface area contributed by atoms with Gasteiger partial charge in [0.25, 0.3) is 0 Å². The van der Waals surface area contributed by atoms with Gasteiger partial charge in [-0.15, -0.1) is 0 Å². The van der Waals surface area contributed by atoms with Crippen molar-refractivity contribution >= 4 is 22.8 Å². The molecule has 2 N–H and O–H groups in total. The second-order valence-corrected chi connectivity index (χ2v) is 3.97. The number of nitrogens with zero attached hydrogens (tertiary/aromatic N) is 2. The number of nitrogens with two attached hydrogens (primary N) is 1. The third kappa shape index (κ3) is 2.85. The molecule has 0 spiro atoms. The first-order valence-electron chi connectivity index (χ1n) is 4.22. The Morgan fingerprint density at radius 3 is 3.00 bits per heavy atom. The SMILES string of the molecule is CCC(C)CN=C1N=C(N)CS1. The van der Waals surface area contributed by atoms with Crippen LogP contribution in [-0.2, 0) is 0 Å². The van der Waals surface area contributed by atoms with Gasteiger partial charge in [-0.3, -0.25) is 4.99 Å². The Balaban J connectivity index is 2.38. The smallest absolute Gasteiger partial charge is 0.185 e. The van der Waals surface area contributed by atoms with Crippen LogP contribution in [0.2, 0.25) is 0 Å². The molecule has 1 aliphatic heterocycles. The van der Waals surface area contributed by atoms with Crippen LogP contribution >= 0.6 is 11.8 Å². The second-order valence-electron chi connectivity index (χ2n) is 3.03. The molecule has 0 aromatic rings. The first kappa shape index (κ1) is 9.58. The fraction of sp³-hybridized carbons (Fsp3) is 0.750. The van der Waals surface area contributed by atoms with E-state index in [4.69, 9.17) is 5.73 Å². The Kier molecular flexibility index (Phi) is 3.59. The monoisotopic (exact) mass is 185 g/mol. The van der Waals surface area contributed by atoms with Crippen LogP contribution in [0.3, 0.4) is 0 Å². The molecule has 0 radical (unpaired) electrons. The van der Waals surface area contributed by atoms with E-state index in [9.17, 15) is 0 Å². The highest BCUT2D eigenvalue weighted by Crippen LogP contribution is 2.13. The van der Waals surface area contributed by atoms with Crippen LogP contribution in [0.1, 0.15) is 20.3 Å². The van der Waals surface area contributed by atoms with E-state index < -0.39 is 0 Å². The van der Waals surface area contributed by atoms with Crippen molar-refractivity contribution < 1.29 is 0 Å². The highest BCUT2D eigenvalue weighted by atomic mass is 32.2. The highest BCUT2D eigenvalue weighted by Gasteiger charge is 2.09. The van der Waals surface area contributed by atoms with Gasteiger partial charge in [-0.05, 0) is 5.92 Å². The fourth-order valence-electron chi connectivity index (χ4n) is 0.770. The maximum atomic E-state index is 5.51. The van der Waals surface area contributed by atoms with Crippen molar-refractivity contribution in [3.8, 4) is 0 Å². The summed E-state index contributed by atoms with van der Waals surface area (Å²) in [4.78, 5) is 8.46. The summed E-state index contributed by atoms with van der Waals surface area (Å²) in [5.74, 6) is 2.15. The Hall–Kier alpha value is -0.510. The van der Waals surface area contributed by atoms with Gasteiger partial charge in [0.2, 0.25) is 0 Å². The molecule has 1 rings (SSSR count). The van der Waals surface area contributed by atoms with Crippen LogP contribution < -0.4 is 5.73 Å². The largest absolute Gasteiger partial charge is 0.386 e. The zero-order valence-electron chi connectivity index (χ0n) is 7.58. The molecule has 0 saturated carbocycles. The third-order valence-electron chi connectivity index (χ3n) is 1.82. The zero-order valence-corrected chi connectivity index (χ0v) is 8.40. The van der Waals surface area contributed by atoms with E-state index in [2.05, 4.69) is 23.8 Å². The first-order chi connectivity index (χ1) is 5.72. The van der Waals surface area contributed by atoms with Crippen LogP contribution in [-0.4, -0.2) is 23.3 Å². The summed E-state index contributed by atoms with van der Waals surface area (Å²) in [6, 6.07) is 0.